The van der Waals surface area contributed by atoms with Gasteiger partial charge in [-0.3, -0.25) is 0 Å². The fraction of sp³-hybridized carbons (Fsp3) is 0.167. The summed E-state index contributed by atoms with van der Waals surface area (Å²) >= 11 is 0. The molecule has 0 aliphatic heterocycles. The number of nitrogens with zero attached hydrogens (tertiary/aromatic N) is 2. The molecule has 0 saturated heterocycles. The molecule has 0 aliphatic carbocycles. The fourth-order valence-electron chi connectivity index (χ4n) is 1.16. The van der Waals surface area contributed by atoms with Gasteiger partial charge in [-0.15, -0.1) is 0 Å². The molecule has 4 nitrogen and oxygen atoms in total. The Labute approximate surface area is 94.1 Å². The highest BCUT2D eigenvalue weighted by Crippen LogP contribution is 2.29. The monoisotopic (exact) mass is 213 g/mol. The van der Waals surface area contributed by atoms with Gasteiger partial charge < -0.3 is 10.4 Å². The average Bonchev–Trinajstić information content (AvgIpc) is 2.30. The Morgan fingerprint density at radius 1 is 1.31 bits per heavy atom. The molecule has 0 aromatic heterocycles. The minimum atomic E-state index is -0.0439. The van der Waals surface area contributed by atoms with Gasteiger partial charge in [-0.2, -0.15) is 10.5 Å². The molecule has 0 aliphatic rings. The molecule has 0 radical (unpaired) electrons. The summed E-state index contributed by atoms with van der Waals surface area (Å²) in [5, 5.41) is 29.6. The number of hydrogen-bond donors (Lipinski definition) is 2. The first-order chi connectivity index (χ1) is 7.60. The number of rotatable bonds is 2. The summed E-state index contributed by atoms with van der Waals surface area (Å²) in [5.74, 6) is 0.131. The first-order valence-corrected chi connectivity index (χ1v) is 4.66. The SMILES string of the molecule is Cc1ccc(NC=C(C#N)C#N)c(O)c1C. The number of allylic oxidation sites excluding steroid dienone is 1. The van der Waals surface area contributed by atoms with Crippen molar-refractivity contribution in [1.82, 2.24) is 0 Å². The zero-order valence-electron chi connectivity index (χ0n) is 9.07. The van der Waals surface area contributed by atoms with E-state index in [1.165, 1.54) is 6.20 Å². The molecule has 1 aromatic carbocycles. The topological polar surface area (TPSA) is 79.8 Å². The molecule has 80 valence electrons. The van der Waals surface area contributed by atoms with Gasteiger partial charge in [0, 0.05) is 6.20 Å². The molecule has 0 atom stereocenters. The highest BCUT2D eigenvalue weighted by molar-refractivity contribution is 5.63. The number of aryl methyl sites for hydroxylation is 1. The van der Waals surface area contributed by atoms with Crippen LogP contribution in [0, 0.1) is 36.5 Å². The largest absolute Gasteiger partial charge is 0.505 e. The van der Waals surface area contributed by atoms with Crippen LogP contribution in [0.2, 0.25) is 0 Å². The molecule has 16 heavy (non-hydrogen) atoms. The molecule has 0 heterocycles. The molecule has 0 bridgehead atoms. The molecule has 4 heteroatoms. The van der Waals surface area contributed by atoms with Crippen LogP contribution in [0.25, 0.3) is 0 Å². The highest BCUT2D eigenvalue weighted by Gasteiger charge is 2.05. The number of benzene rings is 1. The predicted molar refractivity (Wildman–Crippen MR) is 60.5 cm³/mol. The van der Waals surface area contributed by atoms with Gasteiger partial charge in [0.25, 0.3) is 0 Å². The zero-order valence-corrected chi connectivity index (χ0v) is 9.07. The quantitative estimate of drug-likeness (QED) is 0.583. The van der Waals surface area contributed by atoms with Crippen molar-refractivity contribution >= 4 is 5.69 Å². The van der Waals surface area contributed by atoms with E-state index in [0.717, 1.165) is 11.1 Å². The van der Waals surface area contributed by atoms with Crippen molar-refractivity contribution in [3.63, 3.8) is 0 Å². The Hall–Kier alpha value is -2.46. The van der Waals surface area contributed by atoms with Gasteiger partial charge in [0.05, 0.1) is 5.69 Å². The maximum absolute atomic E-state index is 9.78. The second kappa shape index (κ2) is 4.86. The Balaban J connectivity index is 3.02. The van der Waals surface area contributed by atoms with Crippen LogP contribution in [0.5, 0.6) is 5.75 Å². The first kappa shape index (κ1) is 11.6. The number of hydrogen-bond acceptors (Lipinski definition) is 4. The summed E-state index contributed by atoms with van der Waals surface area (Å²) in [5.41, 5.74) is 2.19. The van der Waals surface area contributed by atoms with E-state index in [0.29, 0.717) is 5.69 Å². The van der Waals surface area contributed by atoms with Gasteiger partial charge in [-0.05, 0) is 31.0 Å². The lowest BCUT2D eigenvalue weighted by atomic mass is 10.1. The van der Waals surface area contributed by atoms with E-state index >= 15 is 0 Å². The minimum absolute atomic E-state index is 0.0439. The van der Waals surface area contributed by atoms with Gasteiger partial charge in [0.1, 0.15) is 23.5 Å². The maximum Gasteiger partial charge on any atom is 0.145 e. The first-order valence-electron chi connectivity index (χ1n) is 4.66. The van der Waals surface area contributed by atoms with Crippen LogP contribution in [0.4, 0.5) is 5.69 Å². The summed E-state index contributed by atoms with van der Waals surface area (Å²) in [4.78, 5) is 0. The molecule has 0 amide bonds. The average molecular weight is 213 g/mol. The maximum atomic E-state index is 9.78. The van der Waals surface area contributed by atoms with Crippen LogP contribution in [-0.2, 0) is 0 Å². The normalized spacial score (nSPS) is 8.75. The molecular weight excluding hydrogens is 202 g/mol. The number of phenolic OH excluding ortho intramolecular Hbond substituents is 1. The number of phenols is 1. The third-order valence-electron chi connectivity index (χ3n) is 2.31. The molecule has 0 fully saturated rings. The summed E-state index contributed by atoms with van der Waals surface area (Å²) in [7, 11) is 0. The van der Waals surface area contributed by atoms with Crippen LogP contribution in [0.3, 0.4) is 0 Å². The lowest BCUT2D eigenvalue weighted by Crippen LogP contribution is -1.93. The smallest absolute Gasteiger partial charge is 0.145 e. The van der Waals surface area contributed by atoms with Gasteiger partial charge in [-0.1, -0.05) is 6.07 Å². The van der Waals surface area contributed by atoms with Gasteiger partial charge >= 0.3 is 0 Å². The summed E-state index contributed by atoms with van der Waals surface area (Å²) in [6.45, 7) is 3.69. The van der Waals surface area contributed by atoms with E-state index in [1.807, 2.05) is 13.0 Å². The van der Waals surface area contributed by atoms with Crippen LogP contribution < -0.4 is 5.32 Å². The highest BCUT2D eigenvalue weighted by atomic mass is 16.3. The predicted octanol–water partition coefficient (Wildman–Crippen LogP) is 2.35. The molecular formula is C12H11N3O. The van der Waals surface area contributed by atoms with Gasteiger partial charge in [-0.25, -0.2) is 0 Å². The summed E-state index contributed by atoms with van der Waals surface area (Å²) < 4.78 is 0. The lowest BCUT2D eigenvalue weighted by molar-refractivity contribution is 0.473. The summed E-state index contributed by atoms with van der Waals surface area (Å²) in [6, 6.07) is 6.99. The van der Waals surface area contributed by atoms with Crippen LogP contribution in [0.15, 0.2) is 23.9 Å². The van der Waals surface area contributed by atoms with Crippen molar-refractivity contribution in [1.29, 1.82) is 10.5 Å². The van der Waals surface area contributed by atoms with Gasteiger partial charge in [0.15, 0.2) is 0 Å². The van der Waals surface area contributed by atoms with Crippen molar-refractivity contribution < 1.29 is 5.11 Å². The third kappa shape index (κ3) is 2.31. The third-order valence-corrected chi connectivity index (χ3v) is 2.31. The van der Waals surface area contributed by atoms with E-state index in [1.54, 1.807) is 25.1 Å². The zero-order chi connectivity index (χ0) is 12.1. The molecule has 0 saturated carbocycles. The molecule has 0 spiro atoms. The van der Waals surface area contributed by atoms with E-state index in [4.69, 9.17) is 10.5 Å². The number of anilines is 1. The van der Waals surface area contributed by atoms with Crippen molar-refractivity contribution in [2.45, 2.75) is 13.8 Å². The summed E-state index contributed by atoms with van der Waals surface area (Å²) in [6.07, 6.45) is 1.27. The lowest BCUT2D eigenvalue weighted by Gasteiger charge is -2.08. The number of aromatic hydroxyl groups is 1. The van der Waals surface area contributed by atoms with E-state index < -0.39 is 0 Å². The molecule has 1 aromatic rings. The Morgan fingerprint density at radius 3 is 2.50 bits per heavy atom. The number of nitriles is 2. The van der Waals surface area contributed by atoms with Crippen molar-refractivity contribution in [2.75, 3.05) is 5.32 Å². The fourth-order valence-corrected chi connectivity index (χ4v) is 1.16. The Morgan fingerprint density at radius 2 is 1.94 bits per heavy atom. The minimum Gasteiger partial charge on any atom is -0.505 e. The van der Waals surface area contributed by atoms with E-state index in [2.05, 4.69) is 5.32 Å². The second-order valence-electron chi connectivity index (χ2n) is 3.33. The Bertz CT molecular complexity index is 502. The standard InChI is InChI=1S/C12H11N3O/c1-8-3-4-11(12(16)9(8)2)15-7-10(5-13)6-14/h3-4,7,15-16H,1-2H3. The van der Waals surface area contributed by atoms with Crippen molar-refractivity contribution in [3.05, 3.63) is 35.0 Å². The molecule has 0 unspecified atom stereocenters. The van der Waals surface area contributed by atoms with Crippen molar-refractivity contribution in [3.8, 4) is 17.9 Å². The van der Waals surface area contributed by atoms with Crippen LogP contribution in [-0.4, -0.2) is 5.11 Å². The molecule has 2 N–H and O–H groups in total. The number of nitrogens with one attached hydrogen (secondary N) is 1. The van der Waals surface area contributed by atoms with Crippen LogP contribution >= 0.6 is 0 Å². The molecule has 1 rings (SSSR count). The van der Waals surface area contributed by atoms with E-state index in [9.17, 15) is 5.11 Å². The van der Waals surface area contributed by atoms with E-state index in [-0.39, 0.29) is 11.3 Å². The second-order valence-corrected chi connectivity index (χ2v) is 3.33. The Kier molecular flexibility index (Phi) is 3.53. The van der Waals surface area contributed by atoms with Crippen LogP contribution in [0.1, 0.15) is 11.1 Å². The van der Waals surface area contributed by atoms with Crippen molar-refractivity contribution in [2.24, 2.45) is 0 Å². The van der Waals surface area contributed by atoms with Gasteiger partial charge in [0.2, 0.25) is 0 Å².